The molecule has 4 aliphatic rings. The van der Waals surface area contributed by atoms with E-state index in [1.54, 1.807) is 11.0 Å². The molecule has 1 aromatic rings. The second-order valence-corrected chi connectivity index (χ2v) is 8.24. The number of likely N-dealkylation sites (tertiary alicyclic amines) is 1. The number of ketones is 1. The van der Waals surface area contributed by atoms with Crippen LogP contribution >= 0.6 is 0 Å². The van der Waals surface area contributed by atoms with Crippen LogP contribution in [0.3, 0.4) is 0 Å². The summed E-state index contributed by atoms with van der Waals surface area (Å²) < 4.78 is 0. The second kappa shape index (κ2) is 6.41. The molecule has 5 rings (SSSR count). The van der Waals surface area contributed by atoms with Gasteiger partial charge in [0, 0.05) is 18.6 Å². The molecule has 3 aliphatic heterocycles. The fraction of sp³-hybridized carbons (Fsp3) is 0.500. The van der Waals surface area contributed by atoms with Crippen LogP contribution in [0.5, 0.6) is 0 Å². The highest BCUT2D eigenvalue weighted by molar-refractivity contribution is 6.11. The van der Waals surface area contributed by atoms with Crippen molar-refractivity contribution in [2.24, 2.45) is 11.8 Å². The van der Waals surface area contributed by atoms with Crippen molar-refractivity contribution in [3.05, 3.63) is 48.0 Å². The van der Waals surface area contributed by atoms with Gasteiger partial charge in [0.1, 0.15) is 0 Å². The Balaban J connectivity index is 1.47. The minimum absolute atomic E-state index is 0.0340. The molecule has 27 heavy (non-hydrogen) atoms. The van der Waals surface area contributed by atoms with Crippen molar-refractivity contribution in [3.8, 4) is 0 Å². The van der Waals surface area contributed by atoms with Gasteiger partial charge in [-0.3, -0.25) is 24.2 Å². The molecule has 0 spiro atoms. The Labute approximate surface area is 159 Å². The molecule has 5 nitrogen and oxygen atoms in total. The third kappa shape index (κ3) is 2.52. The molecule has 5 heteroatoms. The maximum Gasteiger partial charge on any atom is 0.235 e. The third-order valence-corrected chi connectivity index (χ3v) is 6.78. The van der Waals surface area contributed by atoms with Gasteiger partial charge in [0.25, 0.3) is 0 Å². The van der Waals surface area contributed by atoms with Crippen LogP contribution in [0.4, 0.5) is 0 Å². The largest absolute Gasteiger partial charge is 0.293 e. The number of fused-ring (bicyclic) bond motifs is 5. The molecule has 2 amide bonds. The van der Waals surface area contributed by atoms with Gasteiger partial charge in [-0.15, -0.1) is 0 Å². The van der Waals surface area contributed by atoms with E-state index in [2.05, 4.69) is 4.90 Å². The Bertz CT molecular complexity index is 812. The third-order valence-electron chi connectivity index (χ3n) is 6.78. The molecule has 0 aromatic heterocycles. The number of carbonyl (C=O) groups is 3. The summed E-state index contributed by atoms with van der Waals surface area (Å²) in [5.41, 5.74) is 1.10. The van der Waals surface area contributed by atoms with Gasteiger partial charge < -0.3 is 0 Å². The zero-order valence-corrected chi connectivity index (χ0v) is 15.3. The summed E-state index contributed by atoms with van der Waals surface area (Å²) in [5, 5.41) is 0. The van der Waals surface area contributed by atoms with Crippen molar-refractivity contribution in [1.82, 2.24) is 9.80 Å². The molecule has 2 saturated heterocycles. The molecule has 3 fully saturated rings. The van der Waals surface area contributed by atoms with Gasteiger partial charge in [-0.2, -0.15) is 0 Å². The molecule has 1 aliphatic carbocycles. The highest BCUT2D eigenvalue weighted by Crippen LogP contribution is 2.47. The molecule has 2 unspecified atom stereocenters. The molecule has 0 radical (unpaired) electrons. The van der Waals surface area contributed by atoms with Gasteiger partial charge in [0.15, 0.2) is 5.78 Å². The van der Waals surface area contributed by atoms with Crippen molar-refractivity contribution in [2.45, 2.75) is 56.8 Å². The lowest BCUT2D eigenvalue weighted by molar-refractivity contribution is -0.146. The van der Waals surface area contributed by atoms with Gasteiger partial charge in [-0.25, -0.2) is 0 Å². The van der Waals surface area contributed by atoms with Gasteiger partial charge in [0.05, 0.1) is 17.9 Å². The fourth-order valence-electron chi connectivity index (χ4n) is 5.58. The maximum absolute atomic E-state index is 13.3. The van der Waals surface area contributed by atoms with E-state index in [9.17, 15) is 14.4 Å². The van der Waals surface area contributed by atoms with Crippen molar-refractivity contribution in [1.29, 1.82) is 0 Å². The Hall–Kier alpha value is -2.27. The summed E-state index contributed by atoms with van der Waals surface area (Å²) in [7, 11) is 0. The average molecular weight is 364 g/mol. The lowest BCUT2D eigenvalue weighted by Gasteiger charge is -2.36. The van der Waals surface area contributed by atoms with Gasteiger partial charge in [-0.05, 0) is 24.5 Å². The highest BCUT2D eigenvalue weighted by atomic mass is 16.2. The van der Waals surface area contributed by atoms with E-state index in [-0.39, 0.29) is 29.7 Å². The first-order chi connectivity index (χ1) is 13.2. The standard InChI is InChI=1S/C22H24N2O3/c25-17-12-11-16-18-19(20(17)23(16)13-14-7-3-1-4-8-14)22(27)24(21(18)26)15-9-5-2-6-10-15/h1,3-4,7-8,11-12,15-16,18-20H,2,5-6,9-10,13H2/t16-,18?,19?,20+/m0/s1. The smallest absolute Gasteiger partial charge is 0.235 e. The second-order valence-electron chi connectivity index (χ2n) is 8.24. The van der Waals surface area contributed by atoms with E-state index >= 15 is 0 Å². The normalized spacial score (nSPS) is 33.8. The van der Waals surface area contributed by atoms with E-state index < -0.39 is 17.9 Å². The Kier molecular flexibility index (Phi) is 4.01. The van der Waals surface area contributed by atoms with Crippen LogP contribution in [0.15, 0.2) is 42.5 Å². The maximum atomic E-state index is 13.3. The first-order valence-electron chi connectivity index (χ1n) is 10.1. The van der Waals surface area contributed by atoms with E-state index in [0.29, 0.717) is 6.54 Å². The van der Waals surface area contributed by atoms with Crippen molar-refractivity contribution in [2.75, 3.05) is 0 Å². The Morgan fingerprint density at radius 1 is 0.889 bits per heavy atom. The fourth-order valence-corrected chi connectivity index (χ4v) is 5.58. The van der Waals surface area contributed by atoms with Gasteiger partial charge in [-0.1, -0.05) is 55.7 Å². The van der Waals surface area contributed by atoms with Crippen LogP contribution in [0.1, 0.15) is 37.7 Å². The predicted molar refractivity (Wildman–Crippen MR) is 99.4 cm³/mol. The van der Waals surface area contributed by atoms with Crippen LogP contribution in [0.25, 0.3) is 0 Å². The summed E-state index contributed by atoms with van der Waals surface area (Å²) in [6.45, 7) is 0.587. The molecule has 0 N–H and O–H groups in total. The van der Waals surface area contributed by atoms with E-state index in [4.69, 9.17) is 0 Å². The molecular formula is C22H24N2O3. The molecule has 3 heterocycles. The zero-order chi connectivity index (χ0) is 18.5. The van der Waals surface area contributed by atoms with E-state index in [1.165, 1.54) is 6.42 Å². The van der Waals surface area contributed by atoms with E-state index in [1.807, 2.05) is 36.4 Å². The van der Waals surface area contributed by atoms with Crippen molar-refractivity contribution < 1.29 is 14.4 Å². The quantitative estimate of drug-likeness (QED) is 0.773. The van der Waals surface area contributed by atoms with Crippen LogP contribution in [-0.2, 0) is 20.9 Å². The lowest BCUT2D eigenvalue weighted by atomic mass is 9.90. The minimum Gasteiger partial charge on any atom is -0.293 e. The summed E-state index contributed by atoms with van der Waals surface area (Å²) in [6.07, 6.45) is 8.57. The number of benzene rings is 1. The van der Waals surface area contributed by atoms with Crippen molar-refractivity contribution in [3.63, 3.8) is 0 Å². The molecule has 4 atom stereocenters. The topological polar surface area (TPSA) is 57.7 Å². The Morgan fingerprint density at radius 2 is 1.59 bits per heavy atom. The number of nitrogens with zero attached hydrogens (tertiary/aromatic N) is 2. The van der Waals surface area contributed by atoms with E-state index in [0.717, 1.165) is 31.2 Å². The Morgan fingerprint density at radius 3 is 2.33 bits per heavy atom. The number of imide groups is 1. The first-order valence-corrected chi connectivity index (χ1v) is 10.1. The molecule has 140 valence electrons. The van der Waals surface area contributed by atoms with Crippen LogP contribution in [-0.4, -0.2) is 45.5 Å². The van der Waals surface area contributed by atoms with Crippen LogP contribution in [0, 0.1) is 11.8 Å². The number of rotatable bonds is 3. The van der Waals surface area contributed by atoms with Gasteiger partial charge >= 0.3 is 0 Å². The summed E-state index contributed by atoms with van der Waals surface area (Å²) in [6, 6.07) is 9.32. The molecule has 2 bridgehead atoms. The summed E-state index contributed by atoms with van der Waals surface area (Å²) >= 11 is 0. The summed E-state index contributed by atoms with van der Waals surface area (Å²) in [5.74, 6) is -1.13. The predicted octanol–water partition coefficient (Wildman–Crippen LogP) is 2.31. The number of amides is 2. The zero-order valence-electron chi connectivity index (χ0n) is 15.3. The highest BCUT2D eigenvalue weighted by Gasteiger charge is 2.64. The molecule has 1 saturated carbocycles. The SMILES string of the molecule is O=C1C=C[C@H]2C3C(=O)N(C4CCCCC4)C(=O)C3[C@@H]1N2Cc1ccccc1. The first kappa shape index (κ1) is 16.9. The summed E-state index contributed by atoms with van der Waals surface area (Å²) in [4.78, 5) is 42.9. The van der Waals surface area contributed by atoms with Crippen molar-refractivity contribution >= 4 is 17.6 Å². The number of hydrogen-bond donors (Lipinski definition) is 0. The monoisotopic (exact) mass is 364 g/mol. The van der Waals surface area contributed by atoms with Crippen LogP contribution < -0.4 is 0 Å². The number of carbonyl (C=O) groups excluding carboxylic acids is 3. The lowest BCUT2D eigenvalue weighted by Crippen LogP contribution is -2.50. The molecular weight excluding hydrogens is 340 g/mol. The molecule has 1 aromatic carbocycles. The number of hydrogen-bond acceptors (Lipinski definition) is 4. The average Bonchev–Trinajstić information content (AvgIpc) is 3.07. The van der Waals surface area contributed by atoms with Gasteiger partial charge in [0.2, 0.25) is 11.8 Å². The van der Waals surface area contributed by atoms with Crippen LogP contribution in [0.2, 0.25) is 0 Å². The minimum atomic E-state index is -0.518.